The van der Waals surface area contributed by atoms with Crippen molar-refractivity contribution in [2.24, 2.45) is 5.92 Å². The molecule has 0 N–H and O–H groups in total. The van der Waals surface area contributed by atoms with Gasteiger partial charge < -0.3 is 4.74 Å². The maximum atomic E-state index is 12.6. The first-order valence-corrected chi connectivity index (χ1v) is 11.9. The monoisotopic (exact) mass is 428 g/mol. The molecular weight excluding hydrogens is 385 g/mol. The van der Waals surface area contributed by atoms with Crippen LogP contribution in [0.25, 0.3) is 0 Å². The van der Waals surface area contributed by atoms with Crippen LogP contribution in [-0.4, -0.2) is 12.7 Å². The van der Waals surface area contributed by atoms with E-state index >= 15 is 0 Å². The van der Waals surface area contributed by atoms with E-state index in [0.717, 1.165) is 24.8 Å². The third-order valence-electron chi connectivity index (χ3n) is 6.46. The van der Waals surface area contributed by atoms with Gasteiger partial charge in [0.2, 0.25) is 0 Å². The van der Waals surface area contributed by atoms with Gasteiger partial charge in [-0.3, -0.25) is 0 Å². The lowest BCUT2D eigenvalue weighted by Gasteiger charge is -2.33. The van der Waals surface area contributed by atoms with Gasteiger partial charge in [0.1, 0.15) is 0 Å². The van der Waals surface area contributed by atoms with Gasteiger partial charge in [0.15, 0.2) is 0 Å². The van der Waals surface area contributed by atoms with Crippen LogP contribution in [0.15, 0.2) is 24.3 Å². The Morgan fingerprint density at radius 1 is 0.767 bits per heavy atom. The Kier molecular flexibility index (Phi) is 12.7. The van der Waals surface area contributed by atoms with E-state index in [2.05, 4.69) is 20.8 Å². The molecule has 1 aromatic carbocycles. The van der Waals surface area contributed by atoms with E-state index in [1.807, 2.05) is 7.11 Å². The normalized spacial score (nSPS) is 13.6. The highest BCUT2D eigenvalue weighted by Gasteiger charge is 2.30. The Morgan fingerprint density at radius 3 is 1.77 bits per heavy atom. The standard InChI is InChI=1S/C26H43F3O/c1-5-6-7-8-9-13-16-23(25(2,3)30-4)17-14-11-10-12-15-22-18-20-24(21-19-22)26(27,28)29/h18-21,23H,5-17H2,1-4H3. The van der Waals surface area contributed by atoms with Crippen LogP contribution in [0.2, 0.25) is 0 Å². The molecule has 0 saturated heterocycles. The van der Waals surface area contributed by atoms with Crippen molar-refractivity contribution < 1.29 is 17.9 Å². The average Bonchev–Trinajstić information content (AvgIpc) is 2.71. The summed E-state index contributed by atoms with van der Waals surface area (Å²) in [5, 5.41) is 0. The first kappa shape index (κ1) is 27.0. The van der Waals surface area contributed by atoms with Gasteiger partial charge in [-0.05, 0) is 63.1 Å². The van der Waals surface area contributed by atoms with Gasteiger partial charge in [-0.25, -0.2) is 0 Å². The molecule has 174 valence electrons. The van der Waals surface area contributed by atoms with Crippen LogP contribution in [0.1, 0.15) is 109 Å². The number of methoxy groups -OCH3 is 1. The molecule has 4 heteroatoms. The zero-order valence-corrected chi connectivity index (χ0v) is 19.6. The summed E-state index contributed by atoms with van der Waals surface area (Å²) in [6.45, 7) is 6.67. The lowest BCUT2D eigenvalue weighted by atomic mass is 9.82. The summed E-state index contributed by atoms with van der Waals surface area (Å²) < 4.78 is 43.7. The second-order valence-corrected chi connectivity index (χ2v) is 9.21. The fourth-order valence-electron chi connectivity index (χ4n) is 4.11. The first-order valence-electron chi connectivity index (χ1n) is 11.9. The molecule has 0 aromatic heterocycles. The summed E-state index contributed by atoms with van der Waals surface area (Å²) in [5.41, 5.74) is 0.344. The van der Waals surface area contributed by atoms with E-state index in [4.69, 9.17) is 4.74 Å². The molecule has 0 aliphatic rings. The minimum Gasteiger partial charge on any atom is -0.379 e. The summed E-state index contributed by atoms with van der Waals surface area (Å²) in [6, 6.07) is 5.60. The molecule has 0 amide bonds. The molecule has 0 aliphatic heterocycles. The molecule has 1 aromatic rings. The maximum Gasteiger partial charge on any atom is 0.416 e. The molecule has 0 radical (unpaired) electrons. The van der Waals surface area contributed by atoms with Crippen molar-refractivity contribution in [1.29, 1.82) is 0 Å². The van der Waals surface area contributed by atoms with Crippen molar-refractivity contribution in [2.45, 2.75) is 116 Å². The topological polar surface area (TPSA) is 9.23 Å². The predicted octanol–water partition coefficient (Wildman–Crippen LogP) is 8.99. The lowest BCUT2D eigenvalue weighted by Crippen LogP contribution is -2.33. The summed E-state index contributed by atoms with van der Waals surface area (Å²) in [5.74, 6) is 0.587. The van der Waals surface area contributed by atoms with Crippen LogP contribution in [-0.2, 0) is 17.3 Å². The second-order valence-electron chi connectivity index (χ2n) is 9.21. The van der Waals surface area contributed by atoms with Crippen LogP contribution in [0.3, 0.4) is 0 Å². The van der Waals surface area contributed by atoms with Crippen LogP contribution in [0, 0.1) is 5.92 Å². The number of rotatable bonds is 16. The summed E-state index contributed by atoms with van der Waals surface area (Å²) in [6.07, 6.45) is 11.5. The van der Waals surface area contributed by atoms with Crippen molar-refractivity contribution in [3.05, 3.63) is 35.4 Å². The molecule has 1 nitrogen and oxygen atoms in total. The van der Waals surface area contributed by atoms with Crippen molar-refractivity contribution in [3.8, 4) is 0 Å². The third-order valence-corrected chi connectivity index (χ3v) is 6.46. The summed E-state index contributed by atoms with van der Waals surface area (Å²) >= 11 is 0. The highest BCUT2D eigenvalue weighted by Crippen LogP contribution is 2.31. The van der Waals surface area contributed by atoms with E-state index in [-0.39, 0.29) is 5.60 Å². The number of ether oxygens (including phenoxy) is 1. The number of hydrogen-bond donors (Lipinski definition) is 0. The molecule has 0 heterocycles. The molecule has 0 fully saturated rings. The zero-order chi connectivity index (χ0) is 22.5. The summed E-state index contributed by atoms with van der Waals surface area (Å²) in [4.78, 5) is 0. The van der Waals surface area contributed by atoms with E-state index in [1.165, 1.54) is 76.3 Å². The van der Waals surface area contributed by atoms with Crippen LogP contribution >= 0.6 is 0 Å². The van der Waals surface area contributed by atoms with Crippen molar-refractivity contribution in [1.82, 2.24) is 0 Å². The predicted molar refractivity (Wildman–Crippen MR) is 121 cm³/mol. The van der Waals surface area contributed by atoms with E-state index in [0.29, 0.717) is 5.92 Å². The quantitative estimate of drug-likeness (QED) is 0.239. The highest BCUT2D eigenvalue weighted by molar-refractivity contribution is 5.24. The van der Waals surface area contributed by atoms with Gasteiger partial charge in [-0.1, -0.05) is 76.8 Å². The number of alkyl halides is 3. The van der Waals surface area contributed by atoms with Crippen molar-refractivity contribution in [3.63, 3.8) is 0 Å². The minimum absolute atomic E-state index is 0.0797. The Morgan fingerprint density at radius 2 is 1.27 bits per heavy atom. The fourth-order valence-corrected chi connectivity index (χ4v) is 4.11. The molecule has 0 aliphatic carbocycles. The Balaban J connectivity index is 2.27. The van der Waals surface area contributed by atoms with Gasteiger partial charge in [-0.15, -0.1) is 0 Å². The van der Waals surface area contributed by atoms with Crippen LogP contribution in [0.4, 0.5) is 13.2 Å². The largest absolute Gasteiger partial charge is 0.416 e. The molecule has 30 heavy (non-hydrogen) atoms. The lowest BCUT2D eigenvalue weighted by molar-refractivity contribution is -0.137. The first-order chi connectivity index (χ1) is 14.2. The third kappa shape index (κ3) is 10.8. The van der Waals surface area contributed by atoms with Gasteiger partial charge in [0.25, 0.3) is 0 Å². The van der Waals surface area contributed by atoms with Crippen LogP contribution < -0.4 is 0 Å². The van der Waals surface area contributed by atoms with E-state index in [1.54, 1.807) is 12.1 Å². The number of benzene rings is 1. The molecule has 0 spiro atoms. The average molecular weight is 429 g/mol. The van der Waals surface area contributed by atoms with Gasteiger partial charge >= 0.3 is 6.18 Å². The van der Waals surface area contributed by atoms with Crippen LogP contribution in [0.5, 0.6) is 0 Å². The van der Waals surface area contributed by atoms with E-state index in [9.17, 15) is 13.2 Å². The molecule has 1 rings (SSSR count). The minimum atomic E-state index is -4.25. The molecule has 0 saturated carbocycles. The zero-order valence-electron chi connectivity index (χ0n) is 19.6. The number of halogens is 3. The Labute approximate surface area is 182 Å². The highest BCUT2D eigenvalue weighted by atomic mass is 19.4. The molecular formula is C26H43F3O. The summed E-state index contributed by atoms with van der Waals surface area (Å²) in [7, 11) is 1.82. The Hall–Kier alpha value is -1.03. The number of aryl methyl sites for hydroxylation is 1. The van der Waals surface area contributed by atoms with Crippen molar-refractivity contribution >= 4 is 0 Å². The maximum absolute atomic E-state index is 12.6. The number of unbranched alkanes of at least 4 members (excludes halogenated alkanes) is 8. The van der Waals surface area contributed by atoms with Gasteiger partial charge in [-0.2, -0.15) is 13.2 Å². The van der Waals surface area contributed by atoms with Gasteiger partial charge in [0, 0.05) is 7.11 Å². The van der Waals surface area contributed by atoms with Gasteiger partial charge in [0.05, 0.1) is 11.2 Å². The van der Waals surface area contributed by atoms with E-state index < -0.39 is 11.7 Å². The fraction of sp³-hybridized carbons (Fsp3) is 0.769. The molecule has 1 atom stereocenters. The second kappa shape index (κ2) is 14.1. The Bertz CT molecular complexity index is 548. The van der Waals surface area contributed by atoms with Crippen molar-refractivity contribution in [2.75, 3.05) is 7.11 Å². The number of hydrogen-bond acceptors (Lipinski definition) is 1. The smallest absolute Gasteiger partial charge is 0.379 e. The molecule has 1 unspecified atom stereocenters. The molecule has 0 bridgehead atoms. The SMILES string of the molecule is CCCCCCCCC(CCCCCCc1ccc(C(F)(F)F)cc1)C(C)(C)OC.